The quantitative estimate of drug-likeness (QED) is 0.837. The van der Waals surface area contributed by atoms with E-state index in [0.29, 0.717) is 25.3 Å². The van der Waals surface area contributed by atoms with Crippen LogP contribution in [0.5, 0.6) is 0 Å². The second kappa shape index (κ2) is 6.43. The minimum absolute atomic E-state index is 0.0960. The van der Waals surface area contributed by atoms with Crippen LogP contribution >= 0.6 is 0 Å². The van der Waals surface area contributed by atoms with Gasteiger partial charge in [-0.1, -0.05) is 13.8 Å². The van der Waals surface area contributed by atoms with Crippen molar-refractivity contribution in [2.24, 2.45) is 5.92 Å². The molecule has 6 heteroatoms. The third-order valence-electron chi connectivity index (χ3n) is 4.37. The summed E-state index contributed by atoms with van der Waals surface area (Å²) in [5, 5.41) is 3.05. The molecular formula is C14H26N2O3S. The van der Waals surface area contributed by atoms with Gasteiger partial charge in [-0.3, -0.25) is 4.79 Å². The molecule has 0 bridgehead atoms. The van der Waals surface area contributed by atoms with Crippen molar-refractivity contribution < 1.29 is 13.2 Å². The lowest BCUT2D eigenvalue weighted by atomic mass is 10.1. The number of rotatable bonds is 5. The SMILES string of the molecule is CCCS(=O)(=O)N1CCCC1C(=O)NC1CCC(C)C1. The highest BCUT2D eigenvalue weighted by molar-refractivity contribution is 7.89. The Morgan fingerprint density at radius 3 is 2.65 bits per heavy atom. The molecule has 3 unspecified atom stereocenters. The molecule has 1 aliphatic carbocycles. The van der Waals surface area contributed by atoms with Crippen LogP contribution in [0.3, 0.4) is 0 Å². The first-order chi connectivity index (χ1) is 9.44. The summed E-state index contributed by atoms with van der Waals surface area (Å²) in [5.41, 5.74) is 0. The predicted octanol–water partition coefficient (Wildman–Crippen LogP) is 1.50. The van der Waals surface area contributed by atoms with Gasteiger partial charge in [-0.15, -0.1) is 0 Å². The molecule has 1 heterocycles. The van der Waals surface area contributed by atoms with Crippen LogP contribution in [0, 0.1) is 5.92 Å². The Hall–Kier alpha value is -0.620. The molecule has 1 N–H and O–H groups in total. The molecule has 1 saturated carbocycles. The predicted molar refractivity (Wildman–Crippen MR) is 78.8 cm³/mol. The van der Waals surface area contributed by atoms with Crippen LogP contribution in [0.4, 0.5) is 0 Å². The molecule has 3 atom stereocenters. The Morgan fingerprint density at radius 1 is 1.30 bits per heavy atom. The van der Waals surface area contributed by atoms with Crippen molar-refractivity contribution in [2.75, 3.05) is 12.3 Å². The zero-order valence-electron chi connectivity index (χ0n) is 12.5. The van der Waals surface area contributed by atoms with E-state index in [4.69, 9.17) is 0 Å². The minimum Gasteiger partial charge on any atom is -0.352 e. The molecule has 0 spiro atoms. The van der Waals surface area contributed by atoms with Gasteiger partial charge in [-0.2, -0.15) is 4.31 Å². The average Bonchev–Trinajstić information content (AvgIpc) is 2.98. The molecule has 1 amide bonds. The highest BCUT2D eigenvalue weighted by atomic mass is 32.2. The first-order valence-electron chi connectivity index (χ1n) is 7.74. The third-order valence-corrected chi connectivity index (χ3v) is 6.44. The highest BCUT2D eigenvalue weighted by Crippen LogP contribution is 2.26. The topological polar surface area (TPSA) is 66.5 Å². The molecule has 5 nitrogen and oxygen atoms in total. The summed E-state index contributed by atoms with van der Waals surface area (Å²) in [4.78, 5) is 12.4. The maximum absolute atomic E-state index is 12.4. The van der Waals surface area contributed by atoms with Crippen LogP contribution in [-0.4, -0.2) is 43.0 Å². The smallest absolute Gasteiger partial charge is 0.238 e. The molecule has 1 saturated heterocycles. The summed E-state index contributed by atoms with van der Waals surface area (Å²) >= 11 is 0. The Labute approximate surface area is 122 Å². The number of amides is 1. The van der Waals surface area contributed by atoms with Crippen molar-refractivity contribution in [1.29, 1.82) is 0 Å². The standard InChI is InChI=1S/C14H26N2O3S/c1-3-9-20(18,19)16-8-4-5-13(16)14(17)15-12-7-6-11(2)10-12/h11-13H,3-10H2,1-2H3,(H,15,17). The number of hydrogen-bond acceptors (Lipinski definition) is 3. The van der Waals surface area contributed by atoms with Crippen molar-refractivity contribution in [2.45, 2.75) is 64.5 Å². The van der Waals surface area contributed by atoms with E-state index in [9.17, 15) is 13.2 Å². The van der Waals surface area contributed by atoms with Gasteiger partial charge in [0.05, 0.1) is 5.75 Å². The number of nitrogens with one attached hydrogen (secondary N) is 1. The monoisotopic (exact) mass is 302 g/mol. The van der Waals surface area contributed by atoms with Gasteiger partial charge in [0.15, 0.2) is 0 Å². The van der Waals surface area contributed by atoms with Crippen LogP contribution in [-0.2, 0) is 14.8 Å². The summed E-state index contributed by atoms with van der Waals surface area (Å²) in [6, 6.07) is -0.253. The van der Waals surface area contributed by atoms with Crippen molar-refractivity contribution >= 4 is 15.9 Å². The van der Waals surface area contributed by atoms with Crippen molar-refractivity contribution in [3.05, 3.63) is 0 Å². The summed E-state index contributed by atoms with van der Waals surface area (Å²) in [5.74, 6) is 0.696. The van der Waals surface area contributed by atoms with E-state index >= 15 is 0 Å². The second-order valence-electron chi connectivity index (χ2n) is 6.21. The zero-order chi connectivity index (χ0) is 14.8. The fourth-order valence-electron chi connectivity index (χ4n) is 3.35. The molecule has 2 fully saturated rings. The maximum Gasteiger partial charge on any atom is 0.238 e. The Balaban J connectivity index is 1.98. The molecule has 0 radical (unpaired) electrons. The van der Waals surface area contributed by atoms with Crippen LogP contribution < -0.4 is 5.32 Å². The number of carbonyl (C=O) groups excluding carboxylic acids is 1. The van der Waals surface area contributed by atoms with Gasteiger partial charge in [0.25, 0.3) is 0 Å². The molecule has 116 valence electrons. The minimum atomic E-state index is -3.28. The average molecular weight is 302 g/mol. The molecule has 0 aromatic heterocycles. The maximum atomic E-state index is 12.4. The fraction of sp³-hybridized carbons (Fsp3) is 0.929. The van der Waals surface area contributed by atoms with Gasteiger partial charge in [0, 0.05) is 12.6 Å². The lowest BCUT2D eigenvalue weighted by Crippen LogP contribution is -2.48. The van der Waals surface area contributed by atoms with E-state index in [1.807, 2.05) is 6.92 Å². The Kier molecular flexibility index (Phi) is 5.07. The molecule has 20 heavy (non-hydrogen) atoms. The van der Waals surface area contributed by atoms with E-state index in [1.165, 1.54) is 4.31 Å². The molecular weight excluding hydrogens is 276 g/mol. The lowest BCUT2D eigenvalue weighted by Gasteiger charge is -2.24. The lowest BCUT2D eigenvalue weighted by molar-refractivity contribution is -0.124. The number of sulfonamides is 1. The fourth-order valence-corrected chi connectivity index (χ4v) is 5.09. The molecule has 0 aromatic carbocycles. The molecule has 2 aliphatic rings. The Bertz CT molecular complexity index is 449. The van der Waals surface area contributed by atoms with Gasteiger partial charge in [-0.25, -0.2) is 8.42 Å². The second-order valence-corrected chi connectivity index (χ2v) is 8.25. The van der Waals surface area contributed by atoms with Crippen LogP contribution in [0.15, 0.2) is 0 Å². The first-order valence-corrected chi connectivity index (χ1v) is 9.35. The van der Waals surface area contributed by atoms with Crippen molar-refractivity contribution in [1.82, 2.24) is 9.62 Å². The Morgan fingerprint density at radius 2 is 2.05 bits per heavy atom. The van der Waals surface area contributed by atoms with Crippen LogP contribution in [0.2, 0.25) is 0 Å². The number of nitrogens with zero attached hydrogens (tertiary/aromatic N) is 1. The van der Waals surface area contributed by atoms with Gasteiger partial charge in [-0.05, 0) is 44.4 Å². The highest BCUT2D eigenvalue weighted by Gasteiger charge is 2.39. The van der Waals surface area contributed by atoms with Gasteiger partial charge < -0.3 is 5.32 Å². The molecule has 1 aliphatic heterocycles. The first kappa shape index (κ1) is 15.8. The van der Waals surface area contributed by atoms with E-state index in [-0.39, 0.29) is 17.7 Å². The molecule has 0 aromatic rings. The summed E-state index contributed by atoms with van der Waals surface area (Å²) in [6.45, 7) is 4.53. The molecule has 2 rings (SSSR count). The van der Waals surface area contributed by atoms with Crippen molar-refractivity contribution in [3.8, 4) is 0 Å². The summed E-state index contributed by atoms with van der Waals surface area (Å²) in [7, 11) is -3.28. The van der Waals surface area contributed by atoms with E-state index in [2.05, 4.69) is 12.2 Å². The largest absolute Gasteiger partial charge is 0.352 e. The summed E-state index contributed by atoms with van der Waals surface area (Å²) in [6.07, 6.45) is 5.20. The van der Waals surface area contributed by atoms with E-state index in [0.717, 1.165) is 25.7 Å². The van der Waals surface area contributed by atoms with Gasteiger partial charge >= 0.3 is 0 Å². The van der Waals surface area contributed by atoms with E-state index in [1.54, 1.807) is 0 Å². The number of hydrogen-bond donors (Lipinski definition) is 1. The van der Waals surface area contributed by atoms with Crippen LogP contribution in [0.25, 0.3) is 0 Å². The summed E-state index contributed by atoms with van der Waals surface area (Å²) < 4.78 is 25.8. The van der Waals surface area contributed by atoms with Crippen molar-refractivity contribution in [3.63, 3.8) is 0 Å². The third kappa shape index (κ3) is 3.52. The van der Waals surface area contributed by atoms with E-state index < -0.39 is 16.1 Å². The number of carbonyl (C=O) groups is 1. The normalized spacial score (nSPS) is 31.6. The van der Waals surface area contributed by atoms with Crippen LogP contribution in [0.1, 0.15) is 52.4 Å². The van der Waals surface area contributed by atoms with Gasteiger partial charge in [0.1, 0.15) is 6.04 Å². The van der Waals surface area contributed by atoms with Gasteiger partial charge in [0.2, 0.25) is 15.9 Å². The zero-order valence-corrected chi connectivity index (χ0v) is 13.3.